The van der Waals surface area contributed by atoms with Crippen molar-refractivity contribution in [3.8, 4) is 0 Å². The van der Waals surface area contributed by atoms with Gasteiger partial charge in [-0.25, -0.2) is 0 Å². The Labute approximate surface area is 115 Å². The highest BCUT2D eigenvalue weighted by Gasteiger charge is 2.10. The van der Waals surface area contributed by atoms with Crippen molar-refractivity contribution in [1.82, 2.24) is 4.98 Å². The first-order valence-corrected chi connectivity index (χ1v) is 6.81. The second-order valence-corrected chi connectivity index (χ2v) is 5.28. The van der Waals surface area contributed by atoms with Gasteiger partial charge in [0.25, 0.3) is 0 Å². The maximum atomic E-state index is 6.13. The van der Waals surface area contributed by atoms with Gasteiger partial charge in [-0.1, -0.05) is 36.2 Å². The van der Waals surface area contributed by atoms with E-state index in [0.717, 1.165) is 24.2 Å². The summed E-state index contributed by atoms with van der Waals surface area (Å²) in [6.07, 6.45) is 3.65. The van der Waals surface area contributed by atoms with Crippen molar-refractivity contribution in [3.05, 3.63) is 57.9 Å². The molecule has 1 aromatic heterocycles. The van der Waals surface area contributed by atoms with Crippen LogP contribution in [0.3, 0.4) is 0 Å². The number of hydrogen-bond donors (Lipinski definition) is 1. The number of benzene rings is 1. The number of hydrogen-bond acceptors (Lipinski definition) is 2. The molecule has 19 heavy (non-hydrogen) atoms. The van der Waals surface area contributed by atoms with Crippen molar-refractivity contribution >= 4 is 5.69 Å². The largest absolute Gasteiger partial charge is 0.397 e. The number of nitrogens with zero attached hydrogens (tertiary/aromatic N) is 1. The molecule has 0 fully saturated rings. The number of nitrogen functional groups attached to an aromatic ring is 1. The van der Waals surface area contributed by atoms with E-state index < -0.39 is 0 Å². The highest BCUT2D eigenvalue weighted by molar-refractivity contribution is 5.53. The first-order chi connectivity index (χ1) is 9.01. The lowest BCUT2D eigenvalue weighted by atomic mass is 9.95. The van der Waals surface area contributed by atoms with Crippen LogP contribution >= 0.6 is 0 Å². The van der Waals surface area contributed by atoms with E-state index in [0.29, 0.717) is 0 Å². The Morgan fingerprint density at radius 3 is 2.21 bits per heavy atom. The number of aromatic nitrogens is 1. The number of pyridine rings is 1. The van der Waals surface area contributed by atoms with Gasteiger partial charge in [-0.2, -0.15) is 0 Å². The summed E-state index contributed by atoms with van der Waals surface area (Å²) >= 11 is 0. The highest BCUT2D eigenvalue weighted by atomic mass is 14.7. The van der Waals surface area contributed by atoms with Crippen LogP contribution in [0, 0.1) is 20.8 Å². The van der Waals surface area contributed by atoms with E-state index in [1.807, 2.05) is 0 Å². The molecule has 2 N–H and O–H groups in total. The van der Waals surface area contributed by atoms with Gasteiger partial charge in [0.15, 0.2) is 0 Å². The van der Waals surface area contributed by atoms with Crippen molar-refractivity contribution in [2.75, 3.05) is 5.73 Å². The molecule has 2 nitrogen and oxygen atoms in total. The van der Waals surface area contributed by atoms with Crippen molar-refractivity contribution in [2.45, 2.75) is 40.5 Å². The lowest BCUT2D eigenvalue weighted by Gasteiger charge is -2.14. The summed E-state index contributed by atoms with van der Waals surface area (Å²) < 4.78 is 0. The lowest BCUT2D eigenvalue weighted by molar-refractivity contribution is 0.995. The fraction of sp³-hybridized carbons (Fsp3) is 0.353. The Morgan fingerprint density at radius 1 is 1.00 bits per heavy atom. The highest BCUT2D eigenvalue weighted by Crippen LogP contribution is 2.24. The molecule has 2 aromatic rings. The van der Waals surface area contributed by atoms with Crippen LogP contribution in [0.4, 0.5) is 5.69 Å². The van der Waals surface area contributed by atoms with Crippen LogP contribution in [-0.4, -0.2) is 4.98 Å². The van der Waals surface area contributed by atoms with Crippen LogP contribution in [0.15, 0.2) is 24.4 Å². The predicted octanol–water partition coefficient (Wildman–Crippen LogP) is 3.74. The van der Waals surface area contributed by atoms with Gasteiger partial charge >= 0.3 is 0 Å². The zero-order chi connectivity index (χ0) is 14.0. The summed E-state index contributed by atoms with van der Waals surface area (Å²) in [6, 6.07) is 6.68. The Kier molecular flexibility index (Phi) is 3.89. The molecule has 0 aliphatic rings. The average Bonchev–Trinajstić information content (AvgIpc) is 2.33. The minimum atomic E-state index is 0.807. The maximum absolute atomic E-state index is 6.13. The summed E-state index contributed by atoms with van der Waals surface area (Å²) in [6.45, 7) is 8.49. The second kappa shape index (κ2) is 5.43. The maximum Gasteiger partial charge on any atom is 0.0539 e. The molecule has 0 amide bonds. The smallest absolute Gasteiger partial charge is 0.0539 e. The van der Waals surface area contributed by atoms with Crippen LogP contribution in [0.2, 0.25) is 0 Å². The molecule has 0 bridgehead atoms. The standard InChI is InChI=1S/C17H22N2/c1-5-15-13(4)19-10-17(18)16(15)9-14-7-11(2)6-12(3)8-14/h6-8,10H,5,9,18H2,1-4H3. The molecule has 1 aromatic carbocycles. The van der Waals surface area contributed by atoms with E-state index in [1.165, 1.54) is 27.8 Å². The summed E-state index contributed by atoms with van der Waals surface area (Å²) in [7, 11) is 0. The van der Waals surface area contributed by atoms with Crippen LogP contribution in [-0.2, 0) is 12.8 Å². The van der Waals surface area contributed by atoms with E-state index in [-0.39, 0.29) is 0 Å². The predicted molar refractivity (Wildman–Crippen MR) is 81.5 cm³/mol. The zero-order valence-electron chi connectivity index (χ0n) is 12.2. The van der Waals surface area contributed by atoms with E-state index >= 15 is 0 Å². The lowest BCUT2D eigenvalue weighted by Crippen LogP contribution is -2.05. The quantitative estimate of drug-likeness (QED) is 0.906. The van der Waals surface area contributed by atoms with Gasteiger partial charge in [-0.3, -0.25) is 4.98 Å². The SMILES string of the molecule is CCc1c(C)ncc(N)c1Cc1cc(C)cc(C)c1. The van der Waals surface area contributed by atoms with E-state index in [9.17, 15) is 0 Å². The first kappa shape index (κ1) is 13.6. The number of anilines is 1. The summed E-state index contributed by atoms with van der Waals surface area (Å²) in [5.74, 6) is 0. The molecule has 0 saturated heterocycles. The summed E-state index contributed by atoms with van der Waals surface area (Å²) in [4.78, 5) is 4.36. The normalized spacial score (nSPS) is 10.7. The molecule has 0 aliphatic carbocycles. The fourth-order valence-corrected chi connectivity index (χ4v) is 2.77. The number of nitrogens with two attached hydrogens (primary N) is 1. The van der Waals surface area contributed by atoms with Crippen LogP contribution < -0.4 is 5.73 Å². The first-order valence-electron chi connectivity index (χ1n) is 6.81. The summed E-state index contributed by atoms with van der Waals surface area (Å²) in [5, 5.41) is 0. The van der Waals surface area contributed by atoms with Crippen molar-refractivity contribution < 1.29 is 0 Å². The molecule has 0 atom stereocenters. The minimum absolute atomic E-state index is 0.807. The van der Waals surface area contributed by atoms with Crippen molar-refractivity contribution in [3.63, 3.8) is 0 Å². The van der Waals surface area contributed by atoms with Gasteiger partial charge in [0.1, 0.15) is 0 Å². The van der Waals surface area contributed by atoms with Gasteiger partial charge in [-0.15, -0.1) is 0 Å². The Bertz CT molecular complexity index is 580. The Hall–Kier alpha value is -1.83. The molecule has 0 spiro atoms. The molecule has 100 valence electrons. The molecular weight excluding hydrogens is 232 g/mol. The van der Waals surface area contributed by atoms with E-state index in [4.69, 9.17) is 5.73 Å². The molecule has 2 heteroatoms. The van der Waals surface area contributed by atoms with Crippen LogP contribution in [0.5, 0.6) is 0 Å². The average molecular weight is 254 g/mol. The number of aryl methyl sites for hydroxylation is 3. The van der Waals surface area contributed by atoms with Gasteiger partial charge in [0, 0.05) is 5.69 Å². The minimum Gasteiger partial charge on any atom is -0.397 e. The molecule has 0 unspecified atom stereocenters. The molecule has 2 rings (SSSR count). The monoisotopic (exact) mass is 254 g/mol. The third kappa shape index (κ3) is 2.95. The van der Waals surface area contributed by atoms with Crippen LogP contribution in [0.25, 0.3) is 0 Å². The molecule has 0 saturated carbocycles. The number of rotatable bonds is 3. The molecule has 0 aliphatic heterocycles. The fourth-order valence-electron chi connectivity index (χ4n) is 2.77. The molecular formula is C17H22N2. The Morgan fingerprint density at radius 2 is 1.63 bits per heavy atom. The Balaban J connectivity index is 2.45. The van der Waals surface area contributed by atoms with Crippen molar-refractivity contribution in [2.24, 2.45) is 0 Å². The topological polar surface area (TPSA) is 38.9 Å². The van der Waals surface area contributed by atoms with Crippen molar-refractivity contribution in [1.29, 1.82) is 0 Å². The van der Waals surface area contributed by atoms with Gasteiger partial charge in [0.2, 0.25) is 0 Å². The van der Waals surface area contributed by atoms with E-state index in [1.54, 1.807) is 6.20 Å². The van der Waals surface area contributed by atoms with Gasteiger partial charge in [-0.05, 0) is 50.3 Å². The van der Waals surface area contributed by atoms with Crippen LogP contribution in [0.1, 0.15) is 40.4 Å². The van der Waals surface area contributed by atoms with E-state index in [2.05, 4.69) is 50.9 Å². The molecule has 0 radical (unpaired) electrons. The third-order valence-electron chi connectivity index (χ3n) is 3.56. The third-order valence-corrected chi connectivity index (χ3v) is 3.56. The molecule has 1 heterocycles. The summed E-state index contributed by atoms with van der Waals surface area (Å²) in [5.41, 5.74) is 14.5. The van der Waals surface area contributed by atoms with Gasteiger partial charge < -0.3 is 5.73 Å². The second-order valence-electron chi connectivity index (χ2n) is 5.28. The zero-order valence-corrected chi connectivity index (χ0v) is 12.2. The van der Waals surface area contributed by atoms with Gasteiger partial charge in [0.05, 0.1) is 11.9 Å².